The second-order valence-electron chi connectivity index (χ2n) is 5.04. The number of hydrogen-bond donors (Lipinski definition) is 2. The number of anilines is 2. The fourth-order valence-corrected chi connectivity index (χ4v) is 3.13. The highest BCUT2D eigenvalue weighted by atomic mass is 32.1. The van der Waals surface area contributed by atoms with Crippen molar-refractivity contribution in [1.29, 1.82) is 0 Å². The van der Waals surface area contributed by atoms with Crippen molar-refractivity contribution in [3.05, 3.63) is 22.6 Å². The van der Waals surface area contributed by atoms with Crippen molar-refractivity contribution >= 4 is 33.3 Å². The first kappa shape index (κ1) is 12.9. The van der Waals surface area contributed by atoms with Gasteiger partial charge in [-0.2, -0.15) is 0 Å². The molecule has 3 aromatic heterocycles. The number of pyridine rings is 1. The Morgan fingerprint density at radius 1 is 1.20 bits per heavy atom. The molecule has 3 rings (SSSR count). The molecule has 0 amide bonds. The number of aryl methyl sites for hydroxylation is 1. The molecule has 0 spiro atoms. The van der Waals surface area contributed by atoms with E-state index in [4.69, 9.17) is 5.73 Å². The molecule has 3 N–H and O–H groups in total. The van der Waals surface area contributed by atoms with Crippen LogP contribution in [0.2, 0.25) is 0 Å². The maximum Gasteiger partial charge on any atom is 0.180 e. The fraction of sp³-hybridized carbons (Fsp3) is 0.286. The predicted octanol–water partition coefficient (Wildman–Crippen LogP) is 2.95. The van der Waals surface area contributed by atoms with Crippen molar-refractivity contribution in [2.24, 2.45) is 0 Å². The number of H-pyrrole nitrogens is 1. The lowest BCUT2D eigenvalue weighted by Crippen LogP contribution is -2.10. The SMILES string of the molecule is Cc1sc(N)c(-c2nc3nc(N(C)C)ccc3[nH]2)c1C. The van der Waals surface area contributed by atoms with E-state index in [9.17, 15) is 0 Å². The Balaban J connectivity index is 2.18. The van der Waals surface area contributed by atoms with E-state index in [0.29, 0.717) is 5.65 Å². The average molecular weight is 287 g/mol. The monoisotopic (exact) mass is 287 g/mol. The summed E-state index contributed by atoms with van der Waals surface area (Å²) < 4.78 is 0. The Hall–Kier alpha value is -2.08. The first-order chi connectivity index (χ1) is 9.47. The minimum Gasteiger partial charge on any atom is -0.390 e. The molecule has 0 aliphatic heterocycles. The van der Waals surface area contributed by atoms with E-state index >= 15 is 0 Å². The number of thiophene rings is 1. The van der Waals surface area contributed by atoms with Gasteiger partial charge in [-0.25, -0.2) is 9.97 Å². The summed E-state index contributed by atoms with van der Waals surface area (Å²) in [5, 5.41) is 0.798. The molecule has 0 aromatic carbocycles. The topological polar surface area (TPSA) is 70.8 Å². The molecule has 104 valence electrons. The molecule has 0 unspecified atom stereocenters. The van der Waals surface area contributed by atoms with Crippen molar-refractivity contribution in [2.75, 3.05) is 24.7 Å². The summed E-state index contributed by atoms with van der Waals surface area (Å²) in [6.45, 7) is 4.15. The van der Waals surface area contributed by atoms with Crippen LogP contribution in [0.15, 0.2) is 12.1 Å². The largest absolute Gasteiger partial charge is 0.390 e. The molecule has 0 fully saturated rings. The Bertz CT molecular complexity index is 784. The van der Waals surface area contributed by atoms with Crippen LogP contribution in [-0.2, 0) is 0 Å². The number of rotatable bonds is 2. The van der Waals surface area contributed by atoms with Crippen LogP contribution in [-0.4, -0.2) is 29.0 Å². The number of fused-ring (bicyclic) bond motifs is 1. The van der Waals surface area contributed by atoms with Gasteiger partial charge in [0, 0.05) is 19.0 Å². The van der Waals surface area contributed by atoms with Gasteiger partial charge in [-0.1, -0.05) is 0 Å². The van der Waals surface area contributed by atoms with E-state index in [2.05, 4.69) is 28.8 Å². The van der Waals surface area contributed by atoms with Gasteiger partial charge < -0.3 is 15.6 Å². The zero-order chi connectivity index (χ0) is 14.4. The van der Waals surface area contributed by atoms with Crippen LogP contribution in [0.4, 0.5) is 10.8 Å². The van der Waals surface area contributed by atoms with Gasteiger partial charge >= 0.3 is 0 Å². The highest BCUT2D eigenvalue weighted by Crippen LogP contribution is 2.37. The molecule has 6 heteroatoms. The van der Waals surface area contributed by atoms with Crippen LogP contribution in [0.5, 0.6) is 0 Å². The minimum atomic E-state index is 0.717. The highest BCUT2D eigenvalue weighted by Gasteiger charge is 2.16. The number of imidazole rings is 1. The van der Waals surface area contributed by atoms with Crippen LogP contribution in [0, 0.1) is 13.8 Å². The normalized spacial score (nSPS) is 11.2. The molecule has 3 heterocycles. The van der Waals surface area contributed by atoms with E-state index in [1.54, 1.807) is 11.3 Å². The number of nitrogen functional groups attached to an aromatic ring is 1. The van der Waals surface area contributed by atoms with Gasteiger partial charge in [0.2, 0.25) is 0 Å². The van der Waals surface area contributed by atoms with Crippen LogP contribution in [0.1, 0.15) is 10.4 Å². The summed E-state index contributed by atoms with van der Waals surface area (Å²) in [6.07, 6.45) is 0. The zero-order valence-electron chi connectivity index (χ0n) is 12.0. The lowest BCUT2D eigenvalue weighted by molar-refractivity contribution is 1.08. The van der Waals surface area contributed by atoms with Gasteiger partial charge in [0.05, 0.1) is 16.1 Å². The Morgan fingerprint density at radius 3 is 2.55 bits per heavy atom. The molecule has 0 saturated carbocycles. The third-order valence-corrected chi connectivity index (χ3v) is 4.48. The first-order valence-corrected chi connectivity index (χ1v) is 7.19. The number of hydrogen-bond acceptors (Lipinski definition) is 5. The molecule has 5 nitrogen and oxygen atoms in total. The van der Waals surface area contributed by atoms with Crippen molar-refractivity contribution in [3.63, 3.8) is 0 Å². The van der Waals surface area contributed by atoms with Crippen molar-refractivity contribution in [3.8, 4) is 11.4 Å². The van der Waals surface area contributed by atoms with Gasteiger partial charge in [-0.05, 0) is 31.5 Å². The minimum absolute atomic E-state index is 0.717. The summed E-state index contributed by atoms with van der Waals surface area (Å²) in [7, 11) is 3.93. The molecular formula is C14H17N5S. The third-order valence-electron chi connectivity index (χ3n) is 3.44. The van der Waals surface area contributed by atoms with Gasteiger partial charge in [0.1, 0.15) is 11.6 Å². The summed E-state index contributed by atoms with van der Waals surface area (Å²) in [5.74, 6) is 1.68. The predicted molar refractivity (Wildman–Crippen MR) is 85.4 cm³/mol. The maximum absolute atomic E-state index is 6.10. The first-order valence-electron chi connectivity index (χ1n) is 6.37. The lowest BCUT2D eigenvalue weighted by atomic mass is 10.1. The number of nitrogens with zero attached hydrogens (tertiary/aromatic N) is 3. The second-order valence-corrected chi connectivity index (χ2v) is 6.30. The highest BCUT2D eigenvalue weighted by molar-refractivity contribution is 7.16. The fourth-order valence-electron chi connectivity index (χ4n) is 2.20. The van der Waals surface area contributed by atoms with Crippen LogP contribution in [0.25, 0.3) is 22.6 Å². The number of nitrogens with two attached hydrogens (primary N) is 1. The maximum atomic E-state index is 6.10. The van der Waals surface area contributed by atoms with Crippen LogP contribution < -0.4 is 10.6 Å². The quantitative estimate of drug-likeness (QED) is 0.760. The molecule has 0 atom stereocenters. The Kier molecular flexibility index (Phi) is 2.90. The van der Waals surface area contributed by atoms with Crippen molar-refractivity contribution in [2.45, 2.75) is 13.8 Å². The average Bonchev–Trinajstić information content (AvgIpc) is 2.90. The van der Waals surface area contributed by atoms with Gasteiger partial charge in [0.25, 0.3) is 0 Å². The van der Waals surface area contributed by atoms with E-state index in [1.807, 2.05) is 31.1 Å². The molecule has 0 bridgehead atoms. The van der Waals surface area contributed by atoms with Crippen LogP contribution in [0.3, 0.4) is 0 Å². The van der Waals surface area contributed by atoms with E-state index in [1.165, 1.54) is 10.4 Å². The molecule has 3 aromatic rings. The smallest absolute Gasteiger partial charge is 0.180 e. The number of nitrogens with one attached hydrogen (secondary N) is 1. The standard InChI is InChI=1S/C14H17N5S/c1-7-8(2)20-12(15)11(7)14-16-9-5-6-10(19(3)4)17-13(9)18-14/h5-6H,15H2,1-4H3,(H,16,17,18). The van der Waals surface area contributed by atoms with Gasteiger partial charge in [-0.3, -0.25) is 0 Å². The summed E-state index contributed by atoms with van der Waals surface area (Å²) in [6, 6.07) is 3.97. The van der Waals surface area contributed by atoms with E-state index in [0.717, 1.165) is 27.7 Å². The van der Waals surface area contributed by atoms with Gasteiger partial charge in [0.15, 0.2) is 5.65 Å². The summed E-state index contributed by atoms with van der Waals surface area (Å²) in [4.78, 5) is 15.6. The van der Waals surface area contributed by atoms with E-state index < -0.39 is 0 Å². The van der Waals surface area contributed by atoms with Gasteiger partial charge in [-0.15, -0.1) is 11.3 Å². The van der Waals surface area contributed by atoms with Crippen LogP contribution >= 0.6 is 11.3 Å². The second kappa shape index (κ2) is 4.49. The number of aromatic amines is 1. The lowest BCUT2D eigenvalue weighted by Gasteiger charge is -2.09. The Labute approximate surface area is 121 Å². The summed E-state index contributed by atoms with van der Waals surface area (Å²) in [5.41, 5.74) is 9.92. The van der Waals surface area contributed by atoms with E-state index in [-0.39, 0.29) is 0 Å². The molecule has 0 saturated heterocycles. The van der Waals surface area contributed by atoms with Crippen molar-refractivity contribution < 1.29 is 0 Å². The zero-order valence-corrected chi connectivity index (χ0v) is 12.8. The Morgan fingerprint density at radius 2 is 1.95 bits per heavy atom. The molecule has 20 heavy (non-hydrogen) atoms. The molecule has 0 aliphatic carbocycles. The number of aromatic nitrogens is 3. The molecular weight excluding hydrogens is 270 g/mol. The molecule has 0 radical (unpaired) electrons. The molecule has 0 aliphatic rings. The van der Waals surface area contributed by atoms with Crippen molar-refractivity contribution in [1.82, 2.24) is 15.0 Å². The third kappa shape index (κ3) is 1.92. The summed E-state index contributed by atoms with van der Waals surface area (Å²) >= 11 is 1.60.